The summed E-state index contributed by atoms with van der Waals surface area (Å²) in [5.74, 6) is 0.278. The zero-order valence-electron chi connectivity index (χ0n) is 16.5. The van der Waals surface area contributed by atoms with Crippen LogP contribution in [0.15, 0.2) is 42.5 Å². The lowest BCUT2D eigenvalue weighted by Gasteiger charge is -2.19. The Morgan fingerprint density at radius 3 is 2.41 bits per heavy atom. The molecule has 2 amide bonds. The van der Waals surface area contributed by atoms with Gasteiger partial charge in [0.2, 0.25) is 5.91 Å². The third kappa shape index (κ3) is 4.13. The molecule has 1 aliphatic rings. The maximum Gasteiger partial charge on any atom is 0.255 e. The summed E-state index contributed by atoms with van der Waals surface area (Å²) < 4.78 is 5.78. The fourth-order valence-electron chi connectivity index (χ4n) is 2.76. The van der Waals surface area contributed by atoms with Gasteiger partial charge in [-0.25, -0.2) is 0 Å². The molecule has 2 N–H and O–H groups in total. The first-order valence-corrected chi connectivity index (χ1v) is 9.06. The Morgan fingerprint density at radius 2 is 1.78 bits per heavy atom. The van der Waals surface area contributed by atoms with E-state index >= 15 is 0 Å². The minimum absolute atomic E-state index is 0.0432. The molecule has 0 fully saturated rings. The van der Waals surface area contributed by atoms with Crippen molar-refractivity contribution in [3.8, 4) is 5.75 Å². The van der Waals surface area contributed by atoms with Crippen molar-refractivity contribution < 1.29 is 14.3 Å². The van der Waals surface area contributed by atoms with Crippen LogP contribution >= 0.6 is 0 Å². The van der Waals surface area contributed by atoms with Gasteiger partial charge in [0.15, 0.2) is 0 Å². The minimum Gasteiger partial charge on any atom is -0.490 e. The number of anilines is 2. The topological polar surface area (TPSA) is 67.4 Å². The molecule has 1 aliphatic heterocycles. The first-order valence-electron chi connectivity index (χ1n) is 9.06. The van der Waals surface area contributed by atoms with E-state index < -0.39 is 5.41 Å². The lowest BCUT2D eigenvalue weighted by Crippen LogP contribution is -2.33. The van der Waals surface area contributed by atoms with Crippen LogP contribution in [0.5, 0.6) is 5.75 Å². The van der Waals surface area contributed by atoms with Crippen LogP contribution in [0.2, 0.25) is 0 Å². The molecule has 0 unspecified atom stereocenters. The van der Waals surface area contributed by atoms with Gasteiger partial charge in [-0.2, -0.15) is 0 Å². The Hall–Kier alpha value is -2.82. The Labute approximate surface area is 160 Å². The SMILES string of the molecule is CC1(C)COc2cc(NC(=O)c3ccc(C(C)(C)C)cc3)ccc2NC1=O. The summed E-state index contributed by atoms with van der Waals surface area (Å²) in [6.45, 7) is 10.3. The van der Waals surface area contributed by atoms with Crippen molar-refractivity contribution in [2.24, 2.45) is 5.41 Å². The molecule has 0 aliphatic carbocycles. The second kappa shape index (κ2) is 6.72. The highest BCUT2D eigenvalue weighted by Crippen LogP contribution is 2.34. The molecule has 0 spiro atoms. The molecule has 2 aromatic rings. The van der Waals surface area contributed by atoms with Gasteiger partial charge in [0.05, 0.1) is 11.1 Å². The Kier molecular flexibility index (Phi) is 4.72. The van der Waals surface area contributed by atoms with E-state index in [1.54, 1.807) is 18.2 Å². The van der Waals surface area contributed by atoms with Crippen molar-refractivity contribution in [1.29, 1.82) is 0 Å². The highest BCUT2D eigenvalue weighted by atomic mass is 16.5. The summed E-state index contributed by atoms with van der Waals surface area (Å²) in [5, 5.41) is 5.76. The largest absolute Gasteiger partial charge is 0.490 e. The normalized spacial score (nSPS) is 15.8. The maximum atomic E-state index is 12.5. The number of benzene rings is 2. The molecule has 27 heavy (non-hydrogen) atoms. The molecule has 0 radical (unpaired) electrons. The van der Waals surface area contributed by atoms with Crippen molar-refractivity contribution in [2.75, 3.05) is 17.2 Å². The van der Waals surface area contributed by atoms with Crippen LogP contribution in [0.1, 0.15) is 50.5 Å². The van der Waals surface area contributed by atoms with Crippen molar-refractivity contribution in [3.63, 3.8) is 0 Å². The Morgan fingerprint density at radius 1 is 1.11 bits per heavy atom. The lowest BCUT2D eigenvalue weighted by atomic mass is 9.87. The van der Waals surface area contributed by atoms with Gasteiger partial charge in [-0.3, -0.25) is 9.59 Å². The fraction of sp³-hybridized carbons (Fsp3) is 0.364. The number of carbonyl (C=O) groups excluding carboxylic acids is 2. The average Bonchev–Trinajstić information content (AvgIpc) is 2.71. The summed E-state index contributed by atoms with van der Waals surface area (Å²) in [7, 11) is 0. The van der Waals surface area contributed by atoms with Gasteiger partial charge in [-0.15, -0.1) is 0 Å². The van der Waals surface area contributed by atoms with E-state index in [-0.39, 0.29) is 23.8 Å². The van der Waals surface area contributed by atoms with E-state index in [9.17, 15) is 9.59 Å². The molecule has 0 aromatic heterocycles. The maximum absolute atomic E-state index is 12.5. The summed E-state index contributed by atoms with van der Waals surface area (Å²) in [6.07, 6.45) is 0. The molecule has 142 valence electrons. The van der Waals surface area contributed by atoms with E-state index in [2.05, 4.69) is 31.4 Å². The number of hydrogen-bond donors (Lipinski definition) is 2. The Bertz CT molecular complexity index is 877. The van der Waals surface area contributed by atoms with Crippen LogP contribution in [0, 0.1) is 5.41 Å². The lowest BCUT2D eigenvalue weighted by molar-refractivity contribution is -0.124. The highest BCUT2D eigenvalue weighted by Gasteiger charge is 2.32. The third-order valence-corrected chi connectivity index (χ3v) is 4.70. The average molecular weight is 366 g/mol. The number of carbonyl (C=O) groups is 2. The quantitative estimate of drug-likeness (QED) is 0.817. The number of nitrogens with one attached hydrogen (secondary N) is 2. The highest BCUT2D eigenvalue weighted by molar-refractivity contribution is 6.05. The number of rotatable bonds is 2. The molecular weight excluding hydrogens is 340 g/mol. The monoisotopic (exact) mass is 366 g/mol. The fourth-order valence-corrected chi connectivity index (χ4v) is 2.76. The molecule has 0 saturated heterocycles. The third-order valence-electron chi connectivity index (χ3n) is 4.70. The summed E-state index contributed by atoms with van der Waals surface area (Å²) in [5.41, 5.74) is 2.42. The number of fused-ring (bicyclic) bond motifs is 1. The molecular formula is C22H26N2O3. The van der Waals surface area contributed by atoms with Gasteiger partial charge in [0, 0.05) is 17.3 Å². The summed E-state index contributed by atoms with van der Waals surface area (Å²) in [6, 6.07) is 12.9. The van der Waals surface area contributed by atoms with E-state index in [0.29, 0.717) is 22.7 Å². The van der Waals surface area contributed by atoms with Crippen LogP contribution in [-0.2, 0) is 10.2 Å². The molecule has 0 atom stereocenters. The predicted molar refractivity (Wildman–Crippen MR) is 107 cm³/mol. The minimum atomic E-state index is -0.614. The zero-order chi connectivity index (χ0) is 19.8. The van der Waals surface area contributed by atoms with Crippen LogP contribution in [-0.4, -0.2) is 18.4 Å². The summed E-state index contributed by atoms with van der Waals surface area (Å²) in [4.78, 5) is 24.7. The summed E-state index contributed by atoms with van der Waals surface area (Å²) >= 11 is 0. The standard InChI is InChI=1S/C22H26N2O3/c1-21(2,3)15-8-6-14(7-9-15)19(25)23-16-10-11-17-18(12-16)27-13-22(4,5)20(26)24-17/h6-12H,13H2,1-5H3,(H,23,25)(H,24,26). The second-order valence-electron chi connectivity index (χ2n) is 8.62. The first kappa shape index (κ1) is 19.0. The number of amides is 2. The zero-order valence-corrected chi connectivity index (χ0v) is 16.5. The van der Waals surface area contributed by atoms with Crippen molar-refractivity contribution in [2.45, 2.75) is 40.0 Å². The molecule has 1 heterocycles. The van der Waals surface area contributed by atoms with Gasteiger partial charge >= 0.3 is 0 Å². The van der Waals surface area contributed by atoms with E-state index in [4.69, 9.17) is 4.74 Å². The smallest absolute Gasteiger partial charge is 0.255 e. The van der Waals surface area contributed by atoms with Gasteiger partial charge in [0.1, 0.15) is 12.4 Å². The van der Waals surface area contributed by atoms with Gasteiger partial charge in [-0.05, 0) is 49.1 Å². The van der Waals surface area contributed by atoms with Crippen molar-refractivity contribution in [1.82, 2.24) is 0 Å². The van der Waals surface area contributed by atoms with Crippen molar-refractivity contribution in [3.05, 3.63) is 53.6 Å². The van der Waals surface area contributed by atoms with Gasteiger partial charge in [0.25, 0.3) is 5.91 Å². The number of hydrogen-bond acceptors (Lipinski definition) is 3. The molecule has 2 aromatic carbocycles. The van der Waals surface area contributed by atoms with E-state index in [1.165, 1.54) is 5.56 Å². The van der Waals surface area contributed by atoms with Crippen LogP contribution in [0.3, 0.4) is 0 Å². The molecule has 5 nitrogen and oxygen atoms in total. The van der Waals surface area contributed by atoms with Crippen LogP contribution in [0.4, 0.5) is 11.4 Å². The van der Waals surface area contributed by atoms with Gasteiger partial charge in [-0.1, -0.05) is 32.9 Å². The molecule has 3 rings (SSSR count). The van der Waals surface area contributed by atoms with Crippen LogP contribution in [0.25, 0.3) is 0 Å². The molecule has 0 bridgehead atoms. The van der Waals surface area contributed by atoms with Crippen LogP contribution < -0.4 is 15.4 Å². The molecule has 5 heteroatoms. The predicted octanol–water partition coefficient (Wildman–Crippen LogP) is 4.59. The van der Waals surface area contributed by atoms with Crippen molar-refractivity contribution >= 4 is 23.2 Å². The number of ether oxygens (including phenoxy) is 1. The second-order valence-corrected chi connectivity index (χ2v) is 8.62. The van der Waals surface area contributed by atoms with E-state index in [1.807, 2.05) is 38.1 Å². The molecule has 0 saturated carbocycles. The van der Waals surface area contributed by atoms with Gasteiger partial charge < -0.3 is 15.4 Å². The van der Waals surface area contributed by atoms with E-state index in [0.717, 1.165) is 0 Å². The first-order chi connectivity index (χ1) is 12.6. The Balaban J connectivity index is 1.76.